The summed E-state index contributed by atoms with van der Waals surface area (Å²) >= 11 is 0. The molecule has 0 unspecified atom stereocenters. The van der Waals surface area contributed by atoms with Gasteiger partial charge >= 0.3 is 6.09 Å². The summed E-state index contributed by atoms with van der Waals surface area (Å²) in [5.41, 5.74) is 0.888. The minimum absolute atomic E-state index is 0. The number of nitrogens with zero attached hydrogens (tertiary/aromatic N) is 1. The van der Waals surface area contributed by atoms with Crippen molar-refractivity contribution < 1.29 is 14.3 Å². The normalized spacial score (nSPS) is 15.0. The van der Waals surface area contributed by atoms with Gasteiger partial charge in [0.25, 0.3) is 0 Å². The fourth-order valence-electron chi connectivity index (χ4n) is 3.05. The quantitative estimate of drug-likeness (QED) is 0.213. The molecule has 0 heterocycles. The van der Waals surface area contributed by atoms with Crippen LogP contribution in [0.3, 0.4) is 0 Å². The van der Waals surface area contributed by atoms with Gasteiger partial charge in [-0.15, -0.1) is 24.0 Å². The average Bonchev–Trinajstić information content (AvgIpc) is 3.43. The van der Waals surface area contributed by atoms with E-state index in [4.69, 9.17) is 9.47 Å². The lowest BCUT2D eigenvalue weighted by Crippen LogP contribution is -2.42. The van der Waals surface area contributed by atoms with Crippen molar-refractivity contribution in [2.24, 2.45) is 4.99 Å². The number of benzene rings is 1. The van der Waals surface area contributed by atoms with Crippen LogP contribution in [0.5, 0.6) is 5.75 Å². The second-order valence-electron chi connectivity index (χ2n) is 8.12. The van der Waals surface area contributed by atoms with Crippen LogP contribution >= 0.6 is 24.0 Å². The molecule has 2 rings (SSSR count). The molecule has 29 heavy (non-hydrogen) atoms. The van der Waals surface area contributed by atoms with Crippen molar-refractivity contribution in [2.45, 2.75) is 51.0 Å². The maximum atomic E-state index is 11.6. The fraction of sp³-hybridized carbons (Fsp3) is 0.619. The van der Waals surface area contributed by atoms with Crippen molar-refractivity contribution >= 4 is 36.0 Å². The number of guanidine groups is 1. The van der Waals surface area contributed by atoms with Crippen molar-refractivity contribution in [3.8, 4) is 5.75 Å². The summed E-state index contributed by atoms with van der Waals surface area (Å²) in [6.45, 7) is 7.61. The molecule has 0 aromatic heterocycles. The molecule has 1 fully saturated rings. The van der Waals surface area contributed by atoms with Crippen molar-refractivity contribution in [1.82, 2.24) is 16.0 Å². The molecule has 0 atom stereocenters. The zero-order valence-electron chi connectivity index (χ0n) is 18.1. The van der Waals surface area contributed by atoms with Gasteiger partial charge in [0.1, 0.15) is 11.4 Å². The zero-order chi connectivity index (χ0) is 20.6. The monoisotopic (exact) mass is 518 g/mol. The number of para-hydroxylation sites is 1. The molecule has 1 aliphatic carbocycles. The lowest BCUT2D eigenvalue weighted by molar-refractivity contribution is 0.0527. The largest absolute Gasteiger partial charge is 0.496 e. The van der Waals surface area contributed by atoms with Gasteiger partial charge in [-0.05, 0) is 46.1 Å². The average molecular weight is 518 g/mol. The molecule has 1 aromatic carbocycles. The fourth-order valence-corrected chi connectivity index (χ4v) is 3.05. The highest BCUT2D eigenvalue weighted by Gasteiger charge is 2.46. The number of alkyl carbamates (subject to hydrolysis) is 1. The van der Waals surface area contributed by atoms with Gasteiger partial charge in [-0.3, -0.25) is 4.99 Å². The van der Waals surface area contributed by atoms with Crippen molar-refractivity contribution in [2.75, 3.05) is 33.8 Å². The maximum Gasteiger partial charge on any atom is 0.407 e. The van der Waals surface area contributed by atoms with Crippen LogP contribution in [0.25, 0.3) is 0 Å². The van der Waals surface area contributed by atoms with Gasteiger partial charge in [0.15, 0.2) is 5.96 Å². The van der Waals surface area contributed by atoms with Gasteiger partial charge < -0.3 is 25.4 Å². The van der Waals surface area contributed by atoms with Gasteiger partial charge in [-0.1, -0.05) is 18.2 Å². The Hall–Kier alpha value is -1.71. The van der Waals surface area contributed by atoms with Crippen molar-refractivity contribution in [1.29, 1.82) is 0 Å². The van der Waals surface area contributed by atoms with Crippen LogP contribution in [0.4, 0.5) is 4.79 Å². The second-order valence-corrected chi connectivity index (χ2v) is 8.12. The molecular formula is C21H35IN4O3. The summed E-state index contributed by atoms with van der Waals surface area (Å²) in [7, 11) is 3.48. The first kappa shape index (κ1) is 25.3. The maximum absolute atomic E-state index is 11.6. The number of ether oxygens (including phenoxy) is 2. The van der Waals surface area contributed by atoms with Gasteiger partial charge in [-0.2, -0.15) is 0 Å². The number of methoxy groups -OCH3 is 1. The van der Waals surface area contributed by atoms with E-state index in [-0.39, 0.29) is 35.5 Å². The van der Waals surface area contributed by atoms with E-state index in [9.17, 15) is 4.79 Å². The van der Waals surface area contributed by atoms with E-state index in [0.29, 0.717) is 13.1 Å². The minimum atomic E-state index is -0.478. The number of carbonyl (C=O) groups excluding carboxylic acids is 1. The number of amides is 1. The van der Waals surface area contributed by atoms with Crippen LogP contribution in [0.15, 0.2) is 29.3 Å². The molecule has 3 N–H and O–H groups in total. The number of hydrogen-bond donors (Lipinski definition) is 3. The summed E-state index contributed by atoms with van der Waals surface area (Å²) in [6, 6.07) is 8.21. The van der Waals surface area contributed by atoms with Gasteiger partial charge in [-0.25, -0.2) is 4.79 Å². The first-order valence-electron chi connectivity index (χ1n) is 9.84. The van der Waals surface area contributed by atoms with Crippen LogP contribution in [0.1, 0.15) is 45.6 Å². The Morgan fingerprint density at radius 3 is 2.38 bits per heavy atom. The Kier molecular flexibility index (Phi) is 10.0. The molecular weight excluding hydrogens is 483 g/mol. The highest BCUT2D eigenvalue weighted by molar-refractivity contribution is 14.0. The van der Waals surface area contributed by atoms with Gasteiger partial charge in [0, 0.05) is 37.7 Å². The number of nitrogens with one attached hydrogen (secondary N) is 3. The zero-order valence-corrected chi connectivity index (χ0v) is 20.5. The highest BCUT2D eigenvalue weighted by atomic mass is 127. The lowest BCUT2D eigenvalue weighted by atomic mass is 9.95. The smallest absolute Gasteiger partial charge is 0.407 e. The molecule has 0 radical (unpaired) electrons. The Morgan fingerprint density at radius 2 is 1.79 bits per heavy atom. The molecule has 1 aromatic rings. The number of aliphatic imine (C=N–C) groups is 1. The number of hydrogen-bond acceptors (Lipinski definition) is 4. The third kappa shape index (κ3) is 8.28. The van der Waals surface area contributed by atoms with E-state index < -0.39 is 5.60 Å². The van der Waals surface area contributed by atoms with Crippen molar-refractivity contribution in [3.63, 3.8) is 0 Å². The van der Waals surface area contributed by atoms with Gasteiger partial charge in [0.05, 0.1) is 7.11 Å². The summed E-state index contributed by atoms with van der Waals surface area (Å²) in [5.74, 6) is 1.71. The second kappa shape index (κ2) is 11.5. The standard InChI is InChI=1S/C21H34N4O3.HI/c1-20(2,3)28-19(26)24-14-8-13-23-18(22-4)25-15-21(11-12-21)16-9-6-7-10-17(16)27-5;/h6-7,9-10H,8,11-15H2,1-5H3,(H,24,26)(H2,22,23,25);1H. The Balaban J connectivity index is 0.00000420. The van der Waals surface area contributed by atoms with E-state index in [2.05, 4.69) is 33.1 Å². The Morgan fingerprint density at radius 1 is 1.14 bits per heavy atom. The number of halogens is 1. The predicted octanol–water partition coefficient (Wildman–Crippen LogP) is 3.42. The lowest BCUT2D eigenvalue weighted by Gasteiger charge is -2.21. The SMILES string of the molecule is CN=C(NCCCNC(=O)OC(C)(C)C)NCC1(c2ccccc2OC)CC1.I. The topological polar surface area (TPSA) is 84.0 Å². The van der Waals surface area contributed by atoms with E-state index in [1.54, 1.807) is 14.2 Å². The Bertz CT molecular complexity index is 685. The molecule has 0 spiro atoms. The summed E-state index contributed by atoms with van der Waals surface area (Å²) in [5, 5.41) is 9.47. The highest BCUT2D eigenvalue weighted by Crippen LogP contribution is 2.50. The van der Waals surface area contributed by atoms with Crippen LogP contribution in [-0.2, 0) is 10.2 Å². The molecule has 1 aliphatic rings. The molecule has 0 aliphatic heterocycles. The van der Waals surface area contributed by atoms with Crippen LogP contribution < -0.4 is 20.7 Å². The van der Waals surface area contributed by atoms with Crippen LogP contribution in [-0.4, -0.2) is 51.4 Å². The van der Waals surface area contributed by atoms with Crippen LogP contribution in [0, 0.1) is 0 Å². The molecule has 1 amide bonds. The van der Waals surface area contributed by atoms with Gasteiger partial charge in [0.2, 0.25) is 0 Å². The minimum Gasteiger partial charge on any atom is -0.496 e. The third-order valence-electron chi connectivity index (χ3n) is 4.66. The van der Waals surface area contributed by atoms with Crippen LogP contribution in [0.2, 0.25) is 0 Å². The Labute approximate surface area is 191 Å². The molecule has 7 nitrogen and oxygen atoms in total. The van der Waals surface area contributed by atoms with Crippen molar-refractivity contribution in [3.05, 3.63) is 29.8 Å². The molecule has 1 saturated carbocycles. The van der Waals surface area contributed by atoms with E-state index in [1.165, 1.54) is 5.56 Å². The first-order chi connectivity index (χ1) is 13.3. The van der Waals surface area contributed by atoms with E-state index in [0.717, 1.165) is 37.5 Å². The van der Waals surface area contributed by atoms with E-state index in [1.807, 2.05) is 32.9 Å². The summed E-state index contributed by atoms with van der Waals surface area (Å²) in [4.78, 5) is 15.9. The third-order valence-corrected chi connectivity index (χ3v) is 4.66. The van der Waals surface area contributed by atoms with E-state index >= 15 is 0 Å². The first-order valence-corrected chi connectivity index (χ1v) is 9.84. The molecule has 0 bridgehead atoms. The predicted molar refractivity (Wildman–Crippen MR) is 128 cm³/mol. The number of carbonyl (C=O) groups is 1. The summed E-state index contributed by atoms with van der Waals surface area (Å²) < 4.78 is 10.7. The molecule has 164 valence electrons. The molecule has 0 saturated heterocycles. The number of rotatable bonds is 8. The summed E-state index contributed by atoms with van der Waals surface area (Å²) in [6.07, 6.45) is 2.66. The molecule has 8 heteroatoms.